The average molecular weight is 449 g/mol. The summed E-state index contributed by atoms with van der Waals surface area (Å²) in [5, 5.41) is 2.94. The number of carbonyl (C=O) groups excluding carboxylic acids is 2. The van der Waals surface area contributed by atoms with E-state index >= 15 is 0 Å². The van der Waals surface area contributed by atoms with E-state index in [0.717, 1.165) is 17.7 Å². The highest BCUT2D eigenvalue weighted by Crippen LogP contribution is 2.39. The minimum absolute atomic E-state index is 0.112. The van der Waals surface area contributed by atoms with E-state index in [1.54, 1.807) is 36.4 Å². The zero-order valence-corrected chi connectivity index (χ0v) is 19.3. The molecule has 8 heteroatoms. The van der Waals surface area contributed by atoms with E-state index in [9.17, 15) is 9.59 Å². The third-order valence-corrected chi connectivity index (χ3v) is 5.77. The maximum absolute atomic E-state index is 13.3. The van der Waals surface area contributed by atoms with Gasteiger partial charge in [0.15, 0.2) is 11.5 Å². The number of carbonyl (C=O) groups is 2. The highest BCUT2D eigenvalue weighted by Gasteiger charge is 2.33. The maximum Gasteiger partial charge on any atom is 0.260 e. The third-order valence-electron chi connectivity index (χ3n) is 5.77. The molecule has 0 unspecified atom stereocenters. The summed E-state index contributed by atoms with van der Waals surface area (Å²) >= 11 is 0. The molecule has 8 nitrogen and oxygen atoms in total. The van der Waals surface area contributed by atoms with Crippen LogP contribution in [0.4, 0.5) is 5.69 Å². The van der Waals surface area contributed by atoms with Gasteiger partial charge in [0.2, 0.25) is 0 Å². The quantitative estimate of drug-likeness (QED) is 0.704. The number of nitrogens with zero attached hydrogens (tertiary/aromatic N) is 3. The van der Waals surface area contributed by atoms with Gasteiger partial charge in [0.1, 0.15) is 0 Å². The van der Waals surface area contributed by atoms with E-state index in [1.807, 2.05) is 43.4 Å². The average Bonchev–Trinajstić information content (AvgIpc) is 3.21. The van der Waals surface area contributed by atoms with Gasteiger partial charge in [-0.3, -0.25) is 14.6 Å². The van der Waals surface area contributed by atoms with Crippen molar-refractivity contribution in [2.24, 2.45) is 4.99 Å². The van der Waals surface area contributed by atoms with Crippen LogP contribution >= 0.6 is 0 Å². The molecular formula is C25H28N4O4. The molecule has 0 saturated carbocycles. The lowest BCUT2D eigenvalue weighted by Crippen LogP contribution is -2.32. The molecule has 2 aromatic rings. The molecule has 2 aliphatic heterocycles. The Morgan fingerprint density at radius 1 is 1.18 bits per heavy atom. The van der Waals surface area contributed by atoms with E-state index < -0.39 is 0 Å². The third kappa shape index (κ3) is 4.61. The molecule has 0 aliphatic carbocycles. The van der Waals surface area contributed by atoms with Gasteiger partial charge in [-0.05, 0) is 43.4 Å². The molecule has 0 aromatic heterocycles. The van der Waals surface area contributed by atoms with Gasteiger partial charge in [0.25, 0.3) is 11.8 Å². The van der Waals surface area contributed by atoms with Crippen molar-refractivity contribution in [3.8, 4) is 11.5 Å². The Morgan fingerprint density at radius 3 is 2.67 bits per heavy atom. The summed E-state index contributed by atoms with van der Waals surface area (Å²) < 4.78 is 10.7. The smallest absolute Gasteiger partial charge is 0.260 e. The Bertz CT molecular complexity index is 1140. The van der Waals surface area contributed by atoms with Crippen molar-refractivity contribution in [2.75, 3.05) is 41.4 Å². The molecule has 0 radical (unpaired) electrons. The molecule has 2 aliphatic rings. The molecule has 0 spiro atoms. The molecule has 172 valence electrons. The summed E-state index contributed by atoms with van der Waals surface area (Å²) in [5.74, 6) is 0.746. The minimum Gasteiger partial charge on any atom is -0.493 e. The fourth-order valence-electron chi connectivity index (χ4n) is 3.97. The van der Waals surface area contributed by atoms with Crippen LogP contribution < -0.4 is 14.8 Å². The summed E-state index contributed by atoms with van der Waals surface area (Å²) in [5.41, 5.74) is 3.50. The second-order valence-corrected chi connectivity index (χ2v) is 8.28. The molecule has 0 saturated heterocycles. The molecule has 1 atom stereocenters. The van der Waals surface area contributed by atoms with Crippen molar-refractivity contribution in [3.63, 3.8) is 0 Å². The predicted octanol–water partition coefficient (Wildman–Crippen LogP) is 2.97. The van der Waals surface area contributed by atoms with Crippen LogP contribution in [0.25, 0.3) is 5.57 Å². The summed E-state index contributed by atoms with van der Waals surface area (Å²) in [6.07, 6.45) is 4.26. The Balaban J connectivity index is 1.58. The van der Waals surface area contributed by atoms with Crippen molar-refractivity contribution in [1.29, 1.82) is 0 Å². The first-order valence-corrected chi connectivity index (χ1v) is 10.8. The van der Waals surface area contributed by atoms with Gasteiger partial charge in [-0.2, -0.15) is 0 Å². The van der Waals surface area contributed by atoms with Crippen molar-refractivity contribution in [1.82, 2.24) is 15.1 Å². The zero-order chi connectivity index (χ0) is 23.5. The van der Waals surface area contributed by atoms with E-state index in [4.69, 9.17) is 9.47 Å². The number of aliphatic imine (C=N–C) groups is 1. The molecule has 0 fully saturated rings. The van der Waals surface area contributed by atoms with E-state index in [1.165, 1.54) is 7.11 Å². The predicted molar refractivity (Wildman–Crippen MR) is 128 cm³/mol. The first kappa shape index (κ1) is 22.5. The van der Waals surface area contributed by atoms with Crippen LogP contribution in [0.2, 0.25) is 0 Å². The Morgan fingerprint density at radius 2 is 1.94 bits per heavy atom. The van der Waals surface area contributed by atoms with Crippen LogP contribution in [-0.2, 0) is 0 Å². The van der Waals surface area contributed by atoms with Crippen LogP contribution in [0.3, 0.4) is 0 Å². The number of ether oxygens (including phenoxy) is 2. The molecular weight excluding hydrogens is 420 g/mol. The van der Waals surface area contributed by atoms with Gasteiger partial charge in [-0.1, -0.05) is 12.1 Å². The molecule has 33 heavy (non-hydrogen) atoms. The van der Waals surface area contributed by atoms with E-state index in [2.05, 4.69) is 10.3 Å². The van der Waals surface area contributed by atoms with Gasteiger partial charge in [-0.15, -0.1) is 0 Å². The summed E-state index contributed by atoms with van der Waals surface area (Å²) in [7, 11) is 7.02. The number of methoxy groups -OCH3 is 2. The van der Waals surface area contributed by atoms with Crippen molar-refractivity contribution < 1.29 is 19.1 Å². The second-order valence-electron chi connectivity index (χ2n) is 8.28. The molecule has 4 rings (SSSR count). The SMILES string of the molecule is COc1cc2c(cc1OC)C(=O)N1C=C(c3cccc(C(=O)NCCN(C)C)c3)C[C@H]1C=N2. The Kier molecular flexibility index (Phi) is 6.46. The standard InChI is InChI=1S/C25H28N4O4/c1-28(2)9-8-26-24(30)17-7-5-6-16(10-17)18-11-19-14-27-21-13-23(33-4)22(32-3)12-20(21)25(31)29(19)15-18/h5-7,10,12-15,19H,8-9,11H2,1-4H3,(H,26,30)/t19-/m0/s1. The molecule has 1 N–H and O–H groups in total. The van der Waals surface area contributed by atoms with Crippen LogP contribution in [0.1, 0.15) is 32.7 Å². The first-order chi connectivity index (χ1) is 15.9. The lowest BCUT2D eigenvalue weighted by atomic mass is 10.0. The number of likely N-dealkylation sites (N-methyl/N-ethyl adjacent to an activating group) is 1. The largest absolute Gasteiger partial charge is 0.493 e. The summed E-state index contributed by atoms with van der Waals surface area (Å²) in [4.78, 5) is 34.2. The monoisotopic (exact) mass is 448 g/mol. The van der Waals surface area contributed by atoms with Gasteiger partial charge in [0.05, 0.1) is 31.5 Å². The number of fused-ring (bicyclic) bond motifs is 2. The van der Waals surface area contributed by atoms with Crippen molar-refractivity contribution in [3.05, 3.63) is 59.3 Å². The van der Waals surface area contributed by atoms with Crippen LogP contribution in [0.15, 0.2) is 47.6 Å². The number of nitrogens with one attached hydrogen (secondary N) is 1. The number of hydrogen-bond acceptors (Lipinski definition) is 6. The molecule has 0 bridgehead atoms. The van der Waals surface area contributed by atoms with Gasteiger partial charge in [0, 0.05) is 43.6 Å². The fourth-order valence-corrected chi connectivity index (χ4v) is 3.97. The number of amides is 2. The normalized spacial score (nSPS) is 16.8. The highest BCUT2D eigenvalue weighted by atomic mass is 16.5. The minimum atomic E-state index is -0.200. The summed E-state index contributed by atoms with van der Waals surface area (Å²) in [6.45, 7) is 1.35. The Hall–Kier alpha value is -3.65. The topological polar surface area (TPSA) is 83.5 Å². The van der Waals surface area contributed by atoms with E-state index in [0.29, 0.717) is 41.3 Å². The Labute approximate surface area is 193 Å². The van der Waals surface area contributed by atoms with Crippen LogP contribution in [0, 0.1) is 0 Å². The highest BCUT2D eigenvalue weighted by molar-refractivity contribution is 6.05. The van der Waals surface area contributed by atoms with Gasteiger partial charge < -0.3 is 24.6 Å². The van der Waals surface area contributed by atoms with Crippen molar-refractivity contribution >= 4 is 29.3 Å². The maximum atomic E-state index is 13.3. The fraction of sp³-hybridized carbons (Fsp3) is 0.320. The lowest BCUT2D eigenvalue weighted by Gasteiger charge is -2.18. The van der Waals surface area contributed by atoms with Crippen molar-refractivity contribution in [2.45, 2.75) is 12.5 Å². The second kappa shape index (κ2) is 9.46. The zero-order valence-electron chi connectivity index (χ0n) is 19.3. The first-order valence-electron chi connectivity index (χ1n) is 10.8. The van der Waals surface area contributed by atoms with Gasteiger partial charge in [-0.25, -0.2) is 0 Å². The lowest BCUT2D eigenvalue weighted by molar-refractivity contribution is 0.0817. The molecule has 2 amide bonds. The number of rotatable bonds is 7. The molecule has 2 aromatic carbocycles. The number of benzene rings is 2. The van der Waals surface area contributed by atoms with E-state index in [-0.39, 0.29) is 17.9 Å². The van der Waals surface area contributed by atoms with Gasteiger partial charge >= 0.3 is 0 Å². The van der Waals surface area contributed by atoms with Crippen LogP contribution in [0.5, 0.6) is 11.5 Å². The van der Waals surface area contributed by atoms with Crippen LogP contribution in [-0.4, -0.2) is 75.3 Å². The molecule has 2 heterocycles. The number of hydrogen-bond donors (Lipinski definition) is 1. The summed E-state index contributed by atoms with van der Waals surface area (Å²) in [6, 6.07) is 10.7.